The molecule has 4 atom stereocenters. The van der Waals surface area contributed by atoms with E-state index in [1.807, 2.05) is 68.0 Å². The number of aryl methyl sites for hydroxylation is 3. The molecule has 0 saturated carbocycles. The average Bonchev–Trinajstić information content (AvgIpc) is 4.12. The first-order valence-corrected chi connectivity index (χ1v) is 23.2. The Labute approximate surface area is 382 Å². The zero-order valence-corrected chi connectivity index (χ0v) is 38.1. The zero-order chi connectivity index (χ0) is 46.0. The van der Waals surface area contributed by atoms with Crippen molar-refractivity contribution in [3.63, 3.8) is 0 Å². The van der Waals surface area contributed by atoms with Crippen LogP contribution in [0.25, 0.3) is 32.8 Å². The van der Waals surface area contributed by atoms with E-state index in [-0.39, 0.29) is 48.7 Å². The Morgan fingerprint density at radius 2 is 1.71 bits per heavy atom. The van der Waals surface area contributed by atoms with Crippen molar-refractivity contribution < 1.29 is 29.1 Å². The van der Waals surface area contributed by atoms with Gasteiger partial charge in [0.05, 0.1) is 52.2 Å². The minimum atomic E-state index is -0.931. The molecule has 0 spiro atoms. The highest BCUT2D eigenvalue weighted by molar-refractivity contribution is 7.13. The Hall–Kier alpha value is -6.46. The van der Waals surface area contributed by atoms with Gasteiger partial charge in [-0.1, -0.05) is 81.1 Å². The molecule has 7 rings (SSSR count). The van der Waals surface area contributed by atoms with Crippen LogP contribution in [0.1, 0.15) is 99.9 Å². The van der Waals surface area contributed by atoms with Crippen LogP contribution in [0.2, 0.25) is 0 Å². The summed E-state index contributed by atoms with van der Waals surface area (Å²) in [5.41, 5.74) is 13.9. The number of carbonyl (C=O) groups is 3. The van der Waals surface area contributed by atoms with Crippen LogP contribution in [-0.2, 0) is 20.9 Å². The predicted octanol–water partition coefficient (Wildman–Crippen LogP) is 7.13. The number of thiazole rings is 1. The smallest absolute Gasteiger partial charge is 0.243 e. The molecule has 0 radical (unpaired) electrons. The first-order chi connectivity index (χ1) is 31.4. The molecule has 5 heterocycles. The largest absolute Gasteiger partial charge is 0.507 e. The van der Waals surface area contributed by atoms with E-state index in [4.69, 9.17) is 10.3 Å². The van der Waals surface area contributed by atoms with Gasteiger partial charge in [0.1, 0.15) is 23.5 Å². The summed E-state index contributed by atoms with van der Waals surface area (Å²) in [7, 11) is 0. The molecule has 4 aromatic heterocycles. The van der Waals surface area contributed by atoms with Crippen LogP contribution < -0.4 is 16.4 Å². The number of nitrogen functional groups attached to an aromatic ring is 1. The van der Waals surface area contributed by atoms with Crippen molar-refractivity contribution in [1.82, 2.24) is 45.7 Å². The van der Waals surface area contributed by atoms with Gasteiger partial charge >= 0.3 is 0 Å². The summed E-state index contributed by atoms with van der Waals surface area (Å²) in [6.07, 6.45) is 8.72. The van der Waals surface area contributed by atoms with E-state index in [0.29, 0.717) is 34.8 Å². The van der Waals surface area contributed by atoms with E-state index in [1.165, 1.54) is 4.90 Å². The van der Waals surface area contributed by atoms with Crippen molar-refractivity contribution in [3.05, 3.63) is 101 Å². The van der Waals surface area contributed by atoms with Gasteiger partial charge in [-0.2, -0.15) is 5.10 Å². The Bertz CT molecular complexity index is 2550. The number of para-hydroxylation sites is 1. The maximum Gasteiger partial charge on any atom is 0.243 e. The number of hydrogen-bond donors (Lipinski definition) is 5. The quantitative estimate of drug-likeness (QED) is 0.0483. The van der Waals surface area contributed by atoms with Crippen molar-refractivity contribution in [1.29, 1.82) is 0 Å². The number of aromatic hydroxyl groups is 1. The molecule has 16 nitrogen and oxygen atoms in total. The molecule has 1 aliphatic rings. The second-order valence-corrected chi connectivity index (χ2v) is 18.0. The van der Waals surface area contributed by atoms with Gasteiger partial charge in [-0.3, -0.25) is 19.1 Å². The molecule has 1 saturated heterocycles. The van der Waals surface area contributed by atoms with Crippen molar-refractivity contribution >= 4 is 34.9 Å². The van der Waals surface area contributed by atoms with Gasteiger partial charge in [0.15, 0.2) is 5.82 Å². The van der Waals surface area contributed by atoms with E-state index < -0.39 is 30.0 Å². The number of aromatic nitrogens is 6. The first kappa shape index (κ1) is 46.5. The number of nitrogens with one attached hydrogen (secondary N) is 2. The maximum absolute atomic E-state index is 14.1. The van der Waals surface area contributed by atoms with Crippen LogP contribution in [0.4, 0.5) is 5.82 Å². The molecule has 0 unspecified atom stereocenters. The number of unbranched alkanes of at least 4 members (excludes halogenated alkanes) is 5. The van der Waals surface area contributed by atoms with Crippen LogP contribution in [-0.4, -0.2) is 88.2 Å². The Kier molecular flexibility index (Phi) is 15.4. The number of amides is 3. The Balaban J connectivity index is 0.891. The van der Waals surface area contributed by atoms with Gasteiger partial charge < -0.3 is 36.0 Å². The lowest BCUT2D eigenvalue weighted by molar-refractivity contribution is -0.141. The number of aliphatic hydroxyl groups is 1. The number of phenols is 1. The predicted molar refractivity (Wildman–Crippen MR) is 248 cm³/mol. The topological polar surface area (TPSA) is 228 Å². The van der Waals surface area contributed by atoms with Crippen molar-refractivity contribution in [2.75, 3.05) is 18.8 Å². The lowest BCUT2D eigenvalue weighted by Gasteiger charge is -2.30. The number of phenolic OH excluding ortho intramolecular Hbond substituents is 1. The van der Waals surface area contributed by atoms with Gasteiger partial charge in [-0.15, -0.1) is 21.5 Å². The van der Waals surface area contributed by atoms with Crippen LogP contribution in [0.15, 0.2) is 83.1 Å². The fourth-order valence-corrected chi connectivity index (χ4v) is 9.20. The molecule has 342 valence electrons. The average molecular weight is 903 g/mol. The van der Waals surface area contributed by atoms with E-state index in [0.717, 1.165) is 72.3 Å². The molecule has 0 bridgehead atoms. The molecule has 2 aromatic carbocycles. The Morgan fingerprint density at radius 3 is 2.42 bits per heavy atom. The molecule has 1 fully saturated rings. The van der Waals surface area contributed by atoms with E-state index in [1.54, 1.807) is 54.2 Å². The molecule has 1 aliphatic heterocycles. The van der Waals surface area contributed by atoms with E-state index in [2.05, 4.69) is 36.1 Å². The first-order valence-electron chi connectivity index (χ1n) is 22.3. The standard InChI is InChI=1S/C48H58N10O6S/c1-29(2)44(42-21-30(3)56-64-42)48(63)58-27-35(59)22-40(58)47(62)53-38(32-15-17-33(18-16-32)45-31(4)51-28-65-45)24-43(61)50-19-11-7-5-6-8-12-20-57-26-34(25-52-57)37-23-39(54-55-46(37)49)36-13-9-10-14-41(36)60/h9-10,13-18,21,23,25-26,28-29,35,38,40,44,59-60H,5-8,11-12,19-20,22,24,27H2,1-4H3,(H2,49,55)(H,50,61)(H,53,62)/t35-,38+,40+,44+/m1/s1. The SMILES string of the molecule is Cc1cc([C@@H](C(=O)N2C[C@H](O)C[C@H]2C(=O)N[C@@H](CC(=O)NCCCCCCCCn2cc(-c3cc(-c4ccccc4O)nnc3N)cn2)c2ccc(-c3scnc3C)cc2)C(C)C)on1. The molecule has 6 aromatic rings. The summed E-state index contributed by atoms with van der Waals surface area (Å²) < 4.78 is 7.39. The summed E-state index contributed by atoms with van der Waals surface area (Å²) in [6, 6.07) is 16.6. The monoisotopic (exact) mass is 902 g/mol. The minimum absolute atomic E-state index is 0.00294. The molecule has 6 N–H and O–H groups in total. The summed E-state index contributed by atoms with van der Waals surface area (Å²) in [4.78, 5) is 48.5. The highest BCUT2D eigenvalue weighted by Crippen LogP contribution is 2.34. The van der Waals surface area contributed by atoms with Crippen molar-refractivity contribution in [2.24, 2.45) is 5.92 Å². The van der Waals surface area contributed by atoms with E-state index in [9.17, 15) is 24.6 Å². The summed E-state index contributed by atoms with van der Waals surface area (Å²) in [5.74, 6) is -0.951. The minimum Gasteiger partial charge on any atom is -0.507 e. The van der Waals surface area contributed by atoms with Gasteiger partial charge in [0.2, 0.25) is 17.7 Å². The van der Waals surface area contributed by atoms with Crippen molar-refractivity contribution in [2.45, 2.75) is 110 Å². The van der Waals surface area contributed by atoms with Crippen LogP contribution >= 0.6 is 11.3 Å². The number of carbonyl (C=O) groups excluding carboxylic acids is 3. The second kappa shape index (κ2) is 21.5. The van der Waals surface area contributed by atoms with Gasteiger partial charge in [0.25, 0.3) is 0 Å². The van der Waals surface area contributed by atoms with E-state index >= 15 is 0 Å². The summed E-state index contributed by atoms with van der Waals surface area (Å²) in [6.45, 7) is 8.83. The number of anilines is 1. The number of aliphatic hydroxyl groups excluding tert-OH is 1. The van der Waals surface area contributed by atoms with Crippen LogP contribution in [0.3, 0.4) is 0 Å². The summed E-state index contributed by atoms with van der Waals surface area (Å²) >= 11 is 1.55. The number of nitrogens with zero attached hydrogens (tertiary/aromatic N) is 7. The second-order valence-electron chi connectivity index (χ2n) is 17.2. The molecular weight excluding hydrogens is 845 g/mol. The molecule has 3 amide bonds. The lowest BCUT2D eigenvalue weighted by atomic mass is 9.91. The number of benzene rings is 2. The highest BCUT2D eigenvalue weighted by atomic mass is 32.1. The van der Waals surface area contributed by atoms with Crippen LogP contribution in [0, 0.1) is 19.8 Å². The number of likely N-dealkylation sites (tertiary alicyclic amines) is 1. The highest BCUT2D eigenvalue weighted by Gasteiger charge is 2.43. The third-order valence-electron chi connectivity index (χ3n) is 11.9. The fourth-order valence-electron chi connectivity index (χ4n) is 8.39. The maximum atomic E-state index is 14.1. The number of nitrogens with two attached hydrogens (primary N) is 1. The fraction of sp³-hybridized carbons (Fsp3) is 0.417. The lowest BCUT2D eigenvalue weighted by Crippen LogP contribution is -2.49. The number of β-amino-alcohol motifs (C(OH)–C–C–N with tert-alkyl or cyclic N) is 1. The Morgan fingerprint density at radius 1 is 0.954 bits per heavy atom. The third-order valence-corrected chi connectivity index (χ3v) is 12.8. The third kappa shape index (κ3) is 11.6. The number of hydrogen-bond acceptors (Lipinski definition) is 13. The molecule has 65 heavy (non-hydrogen) atoms. The van der Waals surface area contributed by atoms with Crippen molar-refractivity contribution in [3.8, 4) is 38.6 Å². The zero-order valence-electron chi connectivity index (χ0n) is 37.3. The summed E-state index contributed by atoms with van der Waals surface area (Å²) in [5, 5.41) is 43.9. The van der Waals surface area contributed by atoms with Crippen LogP contribution in [0.5, 0.6) is 5.75 Å². The number of rotatable bonds is 20. The van der Waals surface area contributed by atoms with Gasteiger partial charge in [0, 0.05) is 55.0 Å². The molecular formula is C48H58N10O6S. The van der Waals surface area contributed by atoms with Gasteiger partial charge in [-0.05, 0) is 61.9 Å². The molecule has 17 heteroatoms. The normalized spacial score (nSPS) is 15.9. The molecule has 0 aliphatic carbocycles. The van der Waals surface area contributed by atoms with Gasteiger partial charge in [-0.25, -0.2) is 4.98 Å².